The zero-order valence-electron chi connectivity index (χ0n) is 17.8. The number of likely N-dealkylation sites (tertiary alicyclic amines) is 1. The van der Waals surface area contributed by atoms with Gasteiger partial charge in [-0.25, -0.2) is 4.68 Å². The molecule has 2 aliphatic heterocycles. The number of anilines is 1. The molecule has 3 aliphatic rings. The zero-order chi connectivity index (χ0) is 20.4. The molecule has 0 bridgehead atoms. The van der Waals surface area contributed by atoms with Crippen LogP contribution in [0.3, 0.4) is 0 Å². The number of aryl methyl sites for hydroxylation is 1. The van der Waals surface area contributed by atoms with Crippen LogP contribution >= 0.6 is 0 Å². The predicted octanol–water partition coefficient (Wildman–Crippen LogP) is 4.23. The lowest BCUT2D eigenvalue weighted by molar-refractivity contribution is 0.426. The molecule has 1 saturated heterocycles. The average molecular weight is 393 g/mol. The second kappa shape index (κ2) is 8.44. The van der Waals surface area contributed by atoms with Gasteiger partial charge in [-0.05, 0) is 57.9 Å². The molecule has 4 rings (SSSR count). The van der Waals surface area contributed by atoms with Crippen LogP contribution in [0.25, 0.3) is 0 Å². The van der Waals surface area contributed by atoms with Crippen LogP contribution in [-0.2, 0) is 6.54 Å². The largest absolute Gasteiger partial charge is 0.350 e. The van der Waals surface area contributed by atoms with Gasteiger partial charge in [0, 0.05) is 37.5 Å². The highest BCUT2D eigenvalue weighted by Crippen LogP contribution is 2.39. The molecule has 0 spiro atoms. The molecule has 1 aliphatic carbocycles. The maximum Gasteiger partial charge on any atom is 0.242 e. The van der Waals surface area contributed by atoms with E-state index in [0.29, 0.717) is 23.8 Å². The van der Waals surface area contributed by atoms with E-state index in [0.717, 1.165) is 50.7 Å². The van der Waals surface area contributed by atoms with Crippen molar-refractivity contribution in [2.75, 3.05) is 18.4 Å². The van der Waals surface area contributed by atoms with Gasteiger partial charge >= 0.3 is 0 Å². The topological polar surface area (TPSA) is 69.8 Å². The number of fused-ring (bicyclic) bond motifs is 2. The van der Waals surface area contributed by atoms with Gasteiger partial charge in [0.15, 0.2) is 6.19 Å². The summed E-state index contributed by atoms with van der Waals surface area (Å²) in [5, 5.41) is 17.6. The molecular formula is C23H32N6. The second-order valence-corrected chi connectivity index (χ2v) is 8.86. The van der Waals surface area contributed by atoms with E-state index in [-0.39, 0.29) is 0 Å². The highest BCUT2D eigenvalue weighted by Gasteiger charge is 2.43. The lowest BCUT2D eigenvalue weighted by Gasteiger charge is -2.22. The Labute approximate surface area is 174 Å². The molecular weight excluding hydrogens is 360 g/mol. The van der Waals surface area contributed by atoms with Crippen molar-refractivity contribution in [3.63, 3.8) is 0 Å². The van der Waals surface area contributed by atoms with Crippen molar-refractivity contribution >= 4 is 5.95 Å². The molecule has 1 aromatic rings. The molecule has 2 fully saturated rings. The van der Waals surface area contributed by atoms with E-state index in [1.165, 1.54) is 17.6 Å². The van der Waals surface area contributed by atoms with Crippen LogP contribution in [0.2, 0.25) is 0 Å². The first-order valence-electron chi connectivity index (χ1n) is 10.9. The first-order valence-corrected chi connectivity index (χ1v) is 10.9. The molecule has 154 valence electrons. The summed E-state index contributed by atoms with van der Waals surface area (Å²) in [4.78, 5) is 6.84. The van der Waals surface area contributed by atoms with Crippen molar-refractivity contribution in [2.45, 2.75) is 65.0 Å². The number of rotatable bonds is 5. The predicted molar refractivity (Wildman–Crippen MR) is 115 cm³/mol. The van der Waals surface area contributed by atoms with Crippen LogP contribution in [-0.4, -0.2) is 38.8 Å². The number of nitriles is 1. The number of aromatic nitrogens is 3. The lowest BCUT2D eigenvalue weighted by Crippen LogP contribution is -2.29. The molecule has 1 aromatic heterocycles. The first kappa shape index (κ1) is 19.8. The monoisotopic (exact) mass is 392 g/mol. The Morgan fingerprint density at radius 2 is 2.10 bits per heavy atom. The summed E-state index contributed by atoms with van der Waals surface area (Å²) in [6.07, 6.45) is 15.6. The zero-order valence-corrected chi connectivity index (χ0v) is 17.8. The third kappa shape index (κ3) is 4.10. The molecule has 0 radical (unpaired) electrons. The molecule has 2 unspecified atom stereocenters. The van der Waals surface area contributed by atoms with Gasteiger partial charge in [-0.1, -0.05) is 29.9 Å². The van der Waals surface area contributed by atoms with Crippen LogP contribution in [0.15, 0.2) is 35.5 Å². The normalized spacial score (nSPS) is 28.9. The molecule has 6 nitrogen and oxygen atoms in total. The SMILES string of the molecule is C/C=C(\C=C/C=C(C)C)C1CCCn2nc(N[C@@H]3CCC4CN(C#N)C[C@H]43)nc21. The first-order chi connectivity index (χ1) is 14.1. The molecule has 1 N–H and O–H groups in total. The fourth-order valence-electron chi connectivity index (χ4n) is 5.18. The fourth-order valence-corrected chi connectivity index (χ4v) is 5.18. The van der Waals surface area contributed by atoms with Gasteiger partial charge in [0.1, 0.15) is 5.82 Å². The van der Waals surface area contributed by atoms with Crippen molar-refractivity contribution in [1.82, 2.24) is 19.7 Å². The summed E-state index contributed by atoms with van der Waals surface area (Å²) in [7, 11) is 0. The summed E-state index contributed by atoms with van der Waals surface area (Å²) in [6.45, 7) is 9.06. The number of nitrogens with zero attached hydrogens (tertiary/aromatic N) is 5. The van der Waals surface area contributed by atoms with Crippen LogP contribution in [0.4, 0.5) is 5.95 Å². The van der Waals surface area contributed by atoms with E-state index in [1.54, 1.807) is 0 Å². The molecule has 1 saturated carbocycles. The van der Waals surface area contributed by atoms with Crippen LogP contribution in [0.1, 0.15) is 58.2 Å². The number of hydrogen-bond acceptors (Lipinski definition) is 5. The van der Waals surface area contributed by atoms with Gasteiger partial charge in [0.25, 0.3) is 0 Å². The Hall–Kier alpha value is -2.55. The van der Waals surface area contributed by atoms with E-state index in [1.807, 2.05) is 4.90 Å². The van der Waals surface area contributed by atoms with Gasteiger partial charge in [-0.2, -0.15) is 10.2 Å². The van der Waals surface area contributed by atoms with E-state index in [2.05, 4.69) is 61.3 Å². The second-order valence-electron chi connectivity index (χ2n) is 8.86. The molecule has 6 heteroatoms. The van der Waals surface area contributed by atoms with Gasteiger partial charge in [-0.3, -0.25) is 0 Å². The molecule has 4 atom stereocenters. The van der Waals surface area contributed by atoms with E-state index < -0.39 is 0 Å². The highest BCUT2D eigenvalue weighted by atomic mass is 15.4. The van der Waals surface area contributed by atoms with Gasteiger partial charge in [0.2, 0.25) is 5.95 Å². The van der Waals surface area contributed by atoms with E-state index in [9.17, 15) is 5.26 Å². The van der Waals surface area contributed by atoms with Crippen molar-refractivity contribution in [3.05, 3.63) is 41.3 Å². The quantitative estimate of drug-likeness (QED) is 0.600. The van der Waals surface area contributed by atoms with Crippen LogP contribution in [0.5, 0.6) is 0 Å². The van der Waals surface area contributed by atoms with Crippen LogP contribution < -0.4 is 5.32 Å². The Morgan fingerprint density at radius 1 is 1.24 bits per heavy atom. The minimum Gasteiger partial charge on any atom is -0.350 e. The third-order valence-corrected chi connectivity index (χ3v) is 6.64. The maximum atomic E-state index is 9.22. The molecule has 0 aromatic carbocycles. The van der Waals surface area contributed by atoms with E-state index in [4.69, 9.17) is 10.1 Å². The summed E-state index contributed by atoms with van der Waals surface area (Å²) >= 11 is 0. The molecule has 3 heterocycles. The Bertz CT molecular complexity index is 866. The van der Waals surface area contributed by atoms with Crippen molar-refractivity contribution in [1.29, 1.82) is 5.26 Å². The summed E-state index contributed by atoms with van der Waals surface area (Å²) in [5.74, 6) is 3.30. The number of hydrogen-bond donors (Lipinski definition) is 1. The van der Waals surface area contributed by atoms with E-state index >= 15 is 0 Å². The molecule has 0 amide bonds. The Morgan fingerprint density at radius 3 is 2.86 bits per heavy atom. The van der Waals surface area contributed by atoms with Gasteiger partial charge in [0.05, 0.1) is 0 Å². The maximum absolute atomic E-state index is 9.22. The smallest absolute Gasteiger partial charge is 0.242 e. The lowest BCUT2D eigenvalue weighted by atomic mass is 9.90. The average Bonchev–Trinajstić information content (AvgIpc) is 3.39. The summed E-state index contributed by atoms with van der Waals surface area (Å²) < 4.78 is 2.09. The minimum absolute atomic E-state index is 0.301. The minimum atomic E-state index is 0.301. The van der Waals surface area contributed by atoms with Crippen molar-refractivity contribution in [2.24, 2.45) is 11.8 Å². The molecule has 29 heavy (non-hydrogen) atoms. The van der Waals surface area contributed by atoms with Gasteiger partial charge < -0.3 is 10.2 Å². The Balaban J connectivity index is 1.50. The standard InChI is InChI=1S/C23H32N6/c1-4-17(8-5-7-16(2)3)19-9-6-12-29-22(19)26-23(27-29)25-21-11-10-18-13-28(15-24)14-20(18)21/h4-5,7-8,18-21H,6,9-14H2,1-3H3,(H,25,27)/b8-5-,17-4+/t18?,19?,20-,21-/m1/s1. The summed E-state index contributed by atoms with van der Waals surface area (Å²) in [6, 6.07) is 0.375. The van der Waals surface area contributed by atoms with Crippen molar-refractivity contribution in [3.8, 4) is 6.19 Å². The fraction of sp³-hybridized carbons (Fsp3) is 0.609. The highest BCUT2D eigenvalue weighted by molar-refractivity contribution is 5.35. The third-order valence-electron chi connectivity index (χ3n) is 6.64. The van der Waals surface area contributed by atoms with Crippen molar-refractivity contribution < 1.29 is 0 Å². The Kier molecular flexibility index (Phi) is 5.75. The number of nitrogens with one attached hydrogen (secondary N) is 1. The van der Waals surface area contributed by atoms with Crippen LogP contribution in [0, 0.1) is 23.3 Å². The summed E-state index contributed by atoms with van der Waals surface area (Å²) in [5.41, 5.74) is 2.61. The van der Waals surface area contributed by atoms with Gasteiger partial charge in [-0.15, -0.1) is 5.10 Å². The number of allylic oxidation sites excluding steroid dienone is 6.